The fourth-order valence-corrected chi connectivity index (χ4v) is 6.79. The van der Waals surface area contributed by atoms with Crippen LogP contribution in [0.25, 0.3) is 0 Å². The number of aliphatic hydroxyl groups is 2. The molecule has 0 radical (unpaired) electrons. The second kappa shape index (κ2) is 13.1. The lowest BCUT2D eigenvalue weighted by molar-refractivity contribution is -0.124. The number of amides is 1. The molecule has 4 N–H and O–H groups in total. The van der Waals surface area contributed by atoms with Crippen LogP contribution in [0.2, 0.25) is 0 Å². The van der Waals surface area contributed by atoms with E-state index in [0.717, 1.165) is 48.0 Å². The number of hydrogen-bond acceptors (Lipinski definition) is 6. The molecule has 43 heavy (non-hydrogen) atoms. The highest BCUT2D eigenvalue weighted by molar-refractivity contribution is 5.85. The summed E-state index contributed by atoms with van der Waals surface area (Å²) in [5, 5.41) is 32.7. The van der Waals surface area contributed by atoms with Crippen LogP contribution >= 0.6 is 0 Å². The number of nitrogens with one attached hydrogen (secondary N) is 2. The summed E-state index contributed by atoms with van der Waals surface area (Å²) in [6, 6.07) is -0.575. The molecule has 0 saturated carbocycles. The molecule has 0 heterocycles. The zero-order valence-corrected chi connectivity index (χ0v) is 25.7. The molecule has 0 spiro atoms. The molecule has 7 heteroatoms. The average Bonchev–Trinajstić information content (AvgIpc) is 3.35. The van der Waals surface area contributed by atoms with E-state index in [2.05, 4.69) is 58.3 Å². The maximum atomic E-state index is 13.5. The molecule has 0 aromatic heterocycles. The molecule has 228 valence electrons. The first kappa shape index (κ1) is 31.0. The van der Waals surface area contributed by atoms with Gasteiger partial charge in [0.1, 0.15) is 11.9 Å². The quantitative estimate of drug-likeness (QED) is 0.183. The minimum atomic E-state index is -0.912. The molecule has 0 aromatic carbocycles. The standard InChI is InChI=1S/C36H45N3O4/c1-22-28(17-18-30(22)39-43)34(41)37-31(20-23-13-14-24-9-5-6-11-26(24)19-23)32(40)21-27-16-15-25-10-7-8-12-29(25)33(27)35(42)38-36(2,3)4/h6-8,10-13,16-19,24-25,28,31-32,35,38,40,42H,5,9,14-15,20-21H2,1-4H3,(H,37,41)/t24?,25?,28?,31-,32?,35+/m0/s1. The first-order valence-electron chi connectivity index (χ1n) is 15.6. The maximum absolute atomic E-state index is 13.5. The van der Waals surface area contributed by atoms with Crippen molar-refractivity contribution < 1.29 is 15.0 Å². The van der Waals surface area contributed by atoms with Crippen molar-refractivity contribution in [2.45, 2.75) is 90.1 Å². The van der Waals surface area contributed by atoms with E-state index >= 15 is 0 Å². The Hall–Kier alpha value is -3.39. The summed E-state index contributed by atoms with van der Waals surface area (Å²) in [4.78, 5) is 24.7. The molecule has 5 aliphatic carbocycles. The largest absolute Gasteiger partial charge is 0.391 e. The van der Waals surface area contributed by atoms with Crippen molar-refractivity contribution in [2.24, 2.45) is 22.9 Å². The highest BCUT2D eigenvalue weighted by atomic mass is 16.3. The van der Waals surface area contributed by atoms with Crippen LogP contribution < -0.4 is 10.6 Å². The van der Waals surface area contributed by atoms with Crippen molar-refractivity contribution in [2.75, 3.05) is 0 Å². The van der Waals surface area contributed by atoms with Gasteiger partial charge in [-0.05, 0) is 105 Å². The van der Waals surface area contributed by atoms with Gasteiger partial charge in [0.2, 0.25) is 5.91 Å². The van der Waals surface area contributed by atoms with Crippen molar-refractivity contribution in [3.8, 4) is 0 Å². The van der Waals surface area contributed by atoms with Gasteiger partial charge in [-0.25, -0.2) is 0 Å². The van der Waals surface area contributed by atoms with Crippen molar-refractivity contribution in [1.82, 2.24) is 10.6 Å². The Balaban J connectivity index is 1.41. The first-order valence-corrected chi connectivity index (χ1v) is 15.6. The predicted octanol–water partition coefficient (Wildman–Crippen LogP) is 6.14. The fraction of sp³-hybridized carbons (Fsp3) is 0.472. The minimum absolute atomic E-state index is 0.174. The van der Waals surface area contributed by atoms with Crippen molar-refractivity contribution in [3.05, 3.63) is 111 Å². The van der Waals surface area contributed by atoms with E-state index in [-0.39, 0.29) is 29.5 Å². The number of aliphatic hydroxyl groups excluding tert-OH is 2. The number of allylic oxidation sites excluding steroid dienone is 12. The van der Waals surface area contributed by atoms with Gasteiger partial charge in [-0.15, -0.1) is 4.91 Å². The van der Waals surface area contributed by atoms with Crippen LogP contribution in [0.4, 0.5) is 0 Å². The lowest BCUT2D eigenvalue weighted by Gasteiger charge is -2.35. The summed E-state index contributed by atoms with van der Waals surface area (Å²) < 4.78 is 0. The zero-order valence-electron chi connectivity index (χ0n) is 25.7. The molecule has 5 rings (SSSR count). The van der Waals surface area contributed by atoms with Gasteiger partial charge in [0.15, 0.2) is 0 Å². The topological polar surface area (TPSA) is 111 Å². The fourth-order valence-electron chi connectivity index (χ4n) is 6.79. The molecule has 4 unspecified atom stereocenters. The van der Waals surface area contributed by atoms with E-state index in [0.29, 0.717) is 17.9 Å². The highest BCUT2D eigenvalue weighted by Gasteiger charge is 2.34. The number of carbonyl (C=O) groups is 1. The van der Waals surface area contributed by atoms with Crippen LogP contribution in [0.5, 0.6) is 0 Å². The van der Waals surface area contributed by atoms with Crippen LogP contribution in [0, 0.1) is 22.7 Å². The van der Waals surface area contributed by atoms with Gasteiger partial charge in [0.05, 0.1) is 18.1 Å². The predicted molar refractivity (Wildman–Crippen MR) is 171 cm³/mol. The van der Waals surface area contributed by atoms with Crippen molar-refractivity contribution >= 4 is 5.91 Å². The molecule has 0 fully saturated rings. The van der Waals surface area contributed by atoms with E-state index in [1.807, 2.05) is 32.9 Å². The second-order valence-electron chi connectivity index (χ2n) is 13.4. The Morgan fingerprint density at radius 1 is 1.07 bits per heavy atom. The van der Waals surface area contributed by atoms with E-state index in [4.69, 9.17) is 0 Å². The Labute approximate surface area is 255 Å². The molecule has 0 aromatic rings. The smallest absolute Gasteiger partial charge is 0.231 e. The van der Waals surface area contributed by atoms with Gasteiger partial charge >= 0.3 is 0 Å². The molecular weight excluding hydrogens is 538 g/mol. The molecular formula is C36H45N3O4. The number of hydrogen-bond donors (Lipinski definition) is 4. The third kappa shape index (κ3) is 7.23. The lowest BCUT2D eigenvalue weighted by Crippen LogP contribution is -2.47. The molecule has 0 saturated heterocycles. The van der Waals surface area contributed by atoms with Gasteiger partial charge < -0.3 is 15.5 Å². The van der Waals surface area contributed by atoms with Crippen LogP contribution in [-0.2, 0) is 4.79 Å². The second-order valence-corrected chi connectivity index (χ2v) is 13.4. The normalized spacial score (nSPS) is 26.7. The van der Waals surface area contributed by atoms with E-state index in [1.54, 1.807) is 19.1 Å². The van der Waals surface area contributed by atoms with Gasteiger partial charge in [-0.3, -0.25) is 10.1 Å². The molecule has 0 bridgehead atoms. The molecule has 7 nitrogen and oxygen atoms in total. The summed E-state index contributed by atoms with van der Waals surface area (Å²) in [7, 11) is 0. The number of fused-ring (bicyclic) bond motifs is 2. The third-order valence-corrected chi connectivity index (χ3v) is 9.10. The van der Waals surface area contributed by atoms with Gasteiger partial charge in [-0.2, -0.15) is 0 Å². The average molecular weight is 584 g/mol. The Morgan fingerprint density at radius 2 is 1.88 bits per heavy atom. The molecule has 1 amide bonds. The monoisotopic (exact) mass is 583 g/mol. The van der Waals surface area contributed by atoms with Crippen LogP contribution in [0.15, 0.2) is 111 Å². The number of rotatable bonds is 10. The number of nitroso groups, excluding NO2 is 1. The Kier molecular flexibility index (Phi) is 9.45. The van der Waals surface area contributed by atoms with Crippen LogP contribution in [0.1, 0.15) is 66.2 Å². The van der Waals surface area contributed by atoms with E-state index < -0.39 is 24.3 Å². The summed E-state index contributed by atoms with van der Waals surface area (Å²) >= 11 is 0. The number of nitrogens with zero attached hydrogens (tertiary/aromatic N) is 1. The number of carbonyl (C=O) groups excluding carboxylic acids is 1. The van der Waals surface area contributed by atoms with Crippen LogP contribution in [-0.4, -0.2) is 40.0 Å². The van der Waals surface area contributed by atoms with Gasteiger partial charge in [-0.1, -0.05) is 60.8 Å². The van der Waals surface area contributed by atoms with Crippen molar-refractivity contribution in [1.29, 1.82) is 0 Å². The highest BCUT2D eigenvalue weighted by Crippen LogP contribution is 2.39. The van der Waals surface area contributed by atoms with Crippen LogP contribution in [0.3, 0.4) is 0 Å². The molecule has 6 atom stereocenters. The summed E-state index contributed by atoms with van der Waals surface area (Å²) in [6.07, 6.45) is 25.4. The van der Waals surface area contributed by atoms with Gasteiger partial charge in [0, 0.05) is 23.5 Å². The SMILES string of the molecule is CC1=C(N=O)C=CC1C(=O)N[C@@H](CC1=CCC2CCC=CC2=C1)C(O)CC1=CCC2C=CC=CC2=C1[C@@H](O)NC(C)(C)C. The zero-order chi connectivity index (χ0) is 30.7. The third-order valence-electron chi connectivity index (χ3n) is 9.10. The maximum Gasteiger partial charge on any atom is 0.231 e. The molecule has 5 aliphatic rings. The van der Waals surface area contributed by atoms with E-state index in [1.165, 1.54) is 5.57 Å². The van der Waals surface area contributed by atoms with E-state index in [9.17, 15) is 19.9 Å². The summed E-state index contributed by atoms with van der Waals surface area (Å²) in [5.41, 5.74) is 5.70. The van der Waals surface area contributed by atoms with Gasteiger partial charge in [0.25, 0.3) is 0 Å². The first-order chi connectivity index (χ1) is 20.5. The summed E-state index contributed by atoms with van der Waals surface area (Å²) in [6.45, 7) is 7.79. The lowest BCUT2D eigenvalue weighted by atomic mass is 9.77. The molecule has 0 aliphatic heterocycles. The minimum Gasteiger partial charge on any atom is -0.391 e. The summed E-state index contributed by atoms with van der Waals surface area (Å²) in [5.74, 6) is -0.160. The van der Waals surface area contributed by atoms with Crippen molar-refractivity contribution in [3.63, 3.8) is 0 Å². The Bertz CT molecular complexity index is 1410. The Morgan fingerprint density at radius 3 is 2.63 bits per heavy atom.